The average molecular weight is 334 g/mol. The molecule has 4 N–H and O–H groups in total. The van der Waals surface area contributed by atoms with Crippen LogP contribution in [-0.4, -0.2) is 44.3 Å². The lowest BCUT2D eigenvalue weighted by atomic mass is 9.47. The van der Waals surface area contributed by atoms with Crippen LogP contribution in [0, 0.1) is 16.2 Å². The summed E-state index contributed by atoms with van der Waals surface area (Å²) >= 11 is 0. The van der Waals surface area contributed by atoms with Gasteiger partial charge >= 0.3 is 23.9 Å². The molecule has 2 aliphatic rings. The molecule has 2 unspecified atom stereocenters. The zero-order valence-electron chi connectivity index (χ0n) is 12.2. The summed E-state index contributed by atoms with van der Waals surface area (Å²) in [5, 5.41) is 38.8. The molecule has 2 rings (SSSR count). The lowest BCUT2D eigenvalue weighted by Crippen LogP contribution is -2.65. The third kappa shape index (κ3) is 1.79. The Balaban J connectivity index is 2.97. The molecule has 126 valence electrons. The summed E-state index contributed by atoms with van der Waals surface area (Å²) in [4.78, 5) is 48.0. The summed E-state index contributed by atoms with van der Waals surface area (Å²) in [6.07, 6.45) is 8.55. The summed E-state index contributed by atoms with van der Waals surface area (Å²) in [5.41, 5.74) is -8.04. The summed E-state index contributed by atoms with van der Waals surface area (Å²) in [6, 6.07) is 0. The van der Waals surface area contributed by atoms with Gasteiger partial charge in [0.1, 0.15) is 10.8 Å². The Morgan fingerprint density at radius 3 is 1.62 bits per heavy atom. The molecule has 0 spiro atoms. The lowest BCUT2D eigenvalue weighted by molar-refractivity contribution is -0.189. The van der Waals surface area contributed by atoms with E-state index >= 15 is 0 Å². The van der Waals surface area contributed by atoms with Crippen molar-refractivity contribution in [2.45, 2.75) is 6.42 Å². The van der Waals surface area contributed by atoms with Crippen LogP contribution in [0.1, 0.15) is 6.42 Å². The number of carboxylic acid groups (broad SMARTS) is 4. The Bertz CT molecular complexity index is 727. The highest BCUT2D eigenvalue weighted by Gasteiger charge is 2.75. The average Bonchev–Trinajstić information content (AvgIpc) is 2.54. The van der Waals surface area contributed by atoms with Crippen molar-refractivity contribution in [3.05, 3.63) is 48.6 Å². The van der Waals surface area contributed by atoms with Crippen LogP contribution >= 0.6 is 0 Å². The topological polar surface area (TPSA) is 149 Å². The molecule has 0 heterocycles. The Kier molecular flexibility index (Phi) is 3.93. The van der Waals surface area contributed by atoms with Crippen molar-refractivity contribution in [2.24, 2.45) is 16.2 Å². The lowest BCUT2D eigenvalue weighted by Gasteiger charge is -2.49. The predicted molar refractivity (Wildman–Crippen MR) is 79.0 cm³/mol. The molecule has 8 nitrogen and oxygen atoms in total. The summed E-state index contributed by atoms with van der Waals surface area (Å²) in [7, 11) is 0. The molecule has 0 aromatic heterocycles. The second-order valence-corrected chi connectivity index (χ2v) is 5.52. The highest BCUT2D eigenvalue weighted by atomic mass is 16.4. The van der Waals surface area contributed by atoms with Crippen molar-refractivity contribution in [1.29, 1.82) is 0 Å². The van der Waals surface area contributed by atoms with Gasteiger partial charge in [0.15, 0.2) is 0 Å². The van der Waals surface area contributed by atoms with Crippen molar-refractivity contribution in [3.8, 4) is 0 Å². The van der Waals surface area contributed by atoms with E-state index in [1.807, 2.05) is 0 Å². The van der Waals surface area contributed by atoms with E-state index < -0.39 is 40.1 Å². The number of aliphatic carboxylic acids is 4. The molecule has 0 fully saturated rings. The molecule has 2 aliphatic carbocycles. The van der Waals surface area contributed by atoms with Gasteiger partial charge in [-0.15, -0.1) is 0 Å². The van der Waals surface area contributed by atoms with E-state index in [4.69, 9.17) is 0 Å². The van der Waals surface area contributed by atoms with Gasteiger partial charge in [-0.1, -0.05) is 48.6 Å². The van der Waals surface area contributed by atoms with Crippen LogP contribution in [0.5, 0.6) is 0 Å². The van der Waals surface area contributed by atoms with Crippen LogP contribution in [0.3, 0.4) is 0 Å². The zero-order chi connectivity index (χ0) is 18.2. The Labute approximate surface area is 135 Å². The SMILES string of the molecule is O=C(O)C1(C2(C(=O)O)C=CC=CC2(C(=O)O)C(=O)O)C=CC=CC1. The number of hydrogen-bond acceptors (Lipinski definition) is 4. The Morgan fingerprint density at radius 2 is 1.21 bits per heavy atom. The van der Waals surface area contributed by atoms with Gasteiger partial charge in [-0.3, -0.25) is 19.2 Å². The third-order valence-corrected chi connectivity index (χ3v) is 4.59. The quantitative estimate of drug-likeness (QED) is 0.542. The largest absolute Gasteiger partial charge is 0.481 e. The number of carboxylic acids is 4. The van der Waals surface area contributed by atoms with E-state index in [2.05, 4.69) is 0 Å². The molecule has 0 amide bonds. The van der Waals surface area contributed by atoms with Crippen LogP contribution in [0.25, 0.3) is 0 Å². The van der Waals surface area contributed by atoms with E-state index in [-0.39, 0.29) is 6.42 Å². The number of hydrogen-bond donors (Lipinski definition) is 4. The Morgan fingerprint density at radius 1 is 0.667 bits per heavy atom. The fraction of sp³-hybridized carbons (Fsp3) is 0.250. The van der Waals surface area contributed by atoms with E-state index in [1.165, 1.54) is 18.2 Å². The van der Waals surface area contributed by atoms with Crippen molar-refractivity contribution in [1.82, 2.24) is 0 Å². The molecule has 0 radical (unpaired) electrons. The maximum atomic E-state index is 12.2. The maximum Gasteiger partial charge on any atom is 0.326 e. The van der Waals surface area contributed by atoms with Gasteiger partial charge in [0, 0.05) is 0 Å². The van der Waals surface area contributed by atoms with Crippen molar-refractivity contribution < 1.29 is 39.6 Å². The molecule has 0 saturated heterocycles. The summed E-state index contributed by atoms with van der Waals surface area (Å²) in [5.74, 6) is -7.39. The summed E-state index contributed by atoms with van der Waals surface area (Å²) in [6.45, 7) is 0. The van der Waals surface area contributed by atoms with E-state index in [0.29, 0.717) is 6.08 Å². The van der Waals surface area contributed by atoms with Crippen LogP contribution in [-0.2, 0) is 19.2 Å². The van der Waals surface area contributed by atoms with E-state index in [0.717, 1.165) is 24.3 Å². The van der Waals surface area contributed by atoms with Gasteiger partial charge in [-0.2, -0.15) is 0 Å². The van der Waals surface area contributed by atoms with Gasteiger partial charge in [0.2, 0.25) is 5.41 Å². The van der Waals surface area contributed by atoms with Gasteiger partial charge in [-0.05, 0) is 6.42 Å². The second kappa shape index (κ2) is 5.48. The first-order chi connectivity index (χ1) is 11.2. The standard InChI is InChI=1S/C16H14O8/c17-10(18)14(6-2-1-3-7-14)16(13(23)24)9-5-4-8-15(16,11(19)20)12(21)22/h1-6,8-9H,7H2,(H,17,18)(H,19,20)(H,21,22)(H,23,24). The zero-order valence-corrected chi connectivity index (χ0v) is 12.2. The minimum absolute atomic E-state index is 0.369. The summed E-state index contributed by atoms with van der Waals surface area (Å²) < 4.78 is 0. The molecule has 8 heteroatoms. The van der Waals surface area contributed by atoms with Crippen molar-refractivity contribution in [3.63, 3.8) is 0 Å². The normalized spacial score (nSPS) is 30.0. The maximum absolute atomic E-state index is 12.2. The van der Waals surface area contributed by atoms with Crippen molar-refractivity contribution in [2.75, 3.05) is 0 Å². The first-order valence-electron chi connectivity index (χ1n) is 6.84. The monoisotopic (exact) mass is 334 g/mol. The van der Waals surface area contributed by atoms with Gasteiger partial charge in [0.25, 0.3) is 0 Å². The fourth-order valence-electron chi connectivity index (χ4n) is 3.41. The highest BCUT2D eigenvalue weighted by molar-refractivity contribution is 6.10. The van der Waals surface area contributed by atoms with Crippen LogP contribution in [0.15, 0.2) is 48.6 Å². The number of allylic oxidation sites excluding steroid dienone is 5. The molecule has 0 saturated carbocycles. The Hall–Kier alpha value is -3.16. The molecule has 2 atom stereocenters. The van der Waals surface area contributed by atoms with Crippen LogP contribution in [0.2, 0.25) is 0 Å². The van der Waals surface area contributed by atoms with Crippen LogP contribution < -0.4 is 0 Å². The van der Waals surface area contributed by atoms with E-state index in [9.17, 15) is 39.6 Å². The second-order valence-electron chi connectivity index (χ2n) is 5.52. The van der Waals surface area contributed by atoms with Gasteiger partial charge < -0.3 is 20.4 Å². The molecule has 0 bridgehead atoms. The number of carbonyl (C=O) groups is 4. The molecule has 0 aromatic carbocycles. The van der Waals surface area contributed by atoms with Gasteiger partial charge in [-0.25, -0.2) is 0 Å². The molecule has 0 aromatic rings. The minimum Gasteiger partial charge on any atom is -0.481 e. The first kappa shape index (κ1) is 17.2. The smallest absolute Gasteiger partial charge is 0.326 e. The van der Waals surface area contributed by atoms with Gasteiger partial charge in [0.05, 0.1) is 0 Å². The molecule has 24 heavy (non-hydrogen) atoms. The highest BCUT2D eigenvalue weighted by Crippen LogP contribution is 2.59. The predicted octanol–water partition coefficient (Wildman–Crippen LogP) is 0.926. The number of rotatable bonds is 5. The fourth-order valence-corrected chi connectivity index (χ4v) is 3.41. The molecule has 0 aliphatic heterocycles. The minimum atomic E-state index is -2.98. The molecular formula is C16H14O8. The van der Waals surface area contributed by atoms with E-state index in [1.54, 1.807) is 0 Å². The third-order valence-electron chi connectivity index (χ3n) is 4.59. The molecular weight excluding hydrogens is 320 g/mol. The van der Waals surface area contributed by atoms with Crippen LogP contribution in [0.4, 0.5) is 0 Å². The van der Waals surface area contributed by atoms with Crippen molar-refractivity contribution >= 4 is 23.9 Å². The first-order valence-corrected chi connectivity index (χ1v) is 6.84.